The summed E-state index contributed by atoms with van der Waals surface area (Å²) in [4.78, 5) is 37.3. The second-order valence-electron chi connectivity index (χ2n) is 7.78. The van der Waals surface area contributed by atoms with Crippen molar-refractivity contribution in [2.24, 2.45) is 0 Å². The summed E-state index contributed by atoms with van der Waals surface area (Å²) in [6, 6.07) is 0. The number of hydrogen-bond acceptors (Lipinski definition) is 7. The third kappa shape index (κ3) is 3.56. The average Bonchev–Trinajstić information content (AvgIpc) is 3.12. The second-order valence-corrected chi connectivity index (χ2v) is 7.78. The van der Waals surface area contributed by atoms with Crippen LogP contribution >= 0.6 is 0 Å². The molecule has 2 saturated heterocycles. The first-order valence-electron chi connectivity index (χ1n) is 9.79. The van der Waals surface area contributed by atoms with Crippen LogP contribution in [-0.2, 0) is 31.1 Å². The van der Waals surface area contributed by atoms with Gasteiger partial charge < -0.3 is 24.6 Å². The monoisotopic (exact) mass is 389 g/mol. The summed E-state index contributed by atoms with van der Waals surface area (Å²) in [5.41, 5.74) is 2.68. The van der Waals surface area contributed by atoms with Gasteiger partial charge in [-0.1, -0.05) is 0 Å². The fourth-order valence-corrected chi connectivity index (χ4v) is 4.22. The van der Waals surface area contributed by atoms with Crippen molar-refractivity contribution in [1.82, 2.24) is 20.2 Å². The molecular formula is C19H27N5O4. The van der Waals surface area contributed by atoms with E-state index in [1.165, 1.54) is 6.92 Å². The molecule has 152 valence electrons. The highest BCUT2D eigenvalue weighted by atomic mass is 16.5. The van der Waals surface area contributed by atoms with Crippen LogP contribution in [0, 0.1) is 6.92 Å². The van der Waals surface area contributed by atoms with E-state index in [4.69, 9.17) is 19.4 Å². The standard InChI is InChI=1S/C19H27N5O4/c1-13-15-10-28-12-19(3-4-24(11-19)16(26)9-20-14(2)25)17(15)22-18(21-13)23-5-7-27-8-6-23/h3-12H2,1-2H3,(H,20,25). The normalized spacial score (nSPS) is 24.4. The summed E-state index contributed by atoms with van der Waals surface area (Å²) < 4.78 is 11.4. The Morgan fingerprint density at radius 2 is 1.96 bits per heavy atom. The first-order chi connectivity index (χ1) is 13.5. The molecule has 1 aromatic rings. The molecule has 0 saturated carbocycles. The molecule has 1 aromatic heterocycles. The van der Waals surface area contributed by atoms with Gasteiger partial charge in [0.25, 0.3) is 0 Å². The summed E-state index contributed by atoms with van der Waals surface area (Å²) >= 11 is 0. The van der Waals surface area contributed by atoms with Crippen LogP contribution in [0.25, 0.3) is 0 Å². The van der Waals surface area contributed by atoms with Gasteiger partial charge in [0, 0.05) is 44.4 Å². The Morgan fingerprint density at radius 3 is 2.71 bits per heavy atom. The van der Waals surface area contributed by atoms with Crippen molar-refractivity contribution in [3.63, 3.8) is 0 Å². The van der Waals surface area contributed by atoms with Gasteiger partial charge in [0.05, 0.1) is 44.1 Å². The number of morpholine rings is 1. The van der Waals surface area contributed by atoms with Gasteiger partial charge in [-0.05, 0) is 13.3 Å². The molecule has 4 heterocycles. The number of ether oxygens (including phenoxy) is 2. The lowest BCUT2D eigenvalue weighted by Crippen LogP contribution is -2.45. The summed E-state index contributed by atoms with van der Waals surface area (Å²) in [6.07, 6.45) is 0.796. The largest absolute Gasteiger partial charge is 0.378 e. The van der Waals surface area contributed by atoms with E-state index < -0.39 is 0 Å². The summed E-state index contributed by atoms with van der Waals surface area (Å²) in [5.74, 6) is 0.467. The van der Waals surface area contributed by atoms with Crippen LogP contribution in [0.5, 0.6) is 0 Å². The Balaban J connectivity index is 1.60. The molecule has 1 unspecified atom stereocenters. The molecule has 3 aliphatic rings. The number of carbonyl (C=O) groups excluding carboxylic acids is 2. The quantitative estimate of drug-likeness (QED) is 0.762. The van der Waals surface area contributed by atoms with E-state index in [-0.39, 0.29) is 23.8 Å². The van der Waals surface area contributed by atoms with E-state index >= 15 is 0 Å². The fourth-order valence-electron chi connectivity index (χ4n) is 4.22. The lowest BCUT2D eigenvalue weighted by atomic mass is 9.80. The zero-order valence-electron chi connectivity index (χ0n) is 16.5. The molecule has 3 aliphatic heterocycles. The number of carbonyl (C=O) groups is 2. The zero-order chi connectivity index (χ0) is 19.7. The molecule has 1 N–H and O–H groups in total. The number of anilines is 1. The van der Waals surface area contributed by atoms with Crippen molar-refractivity contribution in [3.8, 4) is 0 Å². The zero-order valence-corrected chi connectivity index (χ0v) is 16.5. The Morgan fingerprint density at radius 1 is 1.18 bits per heavy atom. The van der Waals surface area contributed by atoms with Gasteiger partial charge >= 0.3 is 0 Å². The Hall–Kier alpha value is -2.26. The predicted molar refractivity (Wildman–Crippen MR) is 101 cm³/mol. The topological polar surface area (TPSA) is 96.9 Å². The van der Waals surface area contributed by atoms with Gasteiger partial charge in [0.1, 0.15) is 0 Å². The van der Waals surface area contributed by atoms with E-state index in [1.807, 2.05) is 6.92 Å². The molecule has 0 radical (unpaired) electrons. The van der Waals surface area contributed by atoms with E-state index in [0.29, 0.717) is 39.5 Å². The Labute approximate surface area is 164 Å². The highest BCUT2D eigenvalue weighted by Crippen LogP contribution is 2.40. The first-order valence-corrected chi connectivity index (χ1v) is 9.79. The van der Waals surface area contributed by atoms with Crippen LogP contribution in [-0.4, -0.2) is 79.2 Å². The molecule has 1 spiro atoms. The van der Waals surface area contributed by atoms with Crippen LogP contribution < -0.4 is 10.2 Å². The van der Waals surface area contributed by atoms with Crippen LogP contribution in [0.15, 0.2) is 0 Å². The van der Waals surface area contributed by atoms with Crippen LogP contribution in [0.4, 0.5) is 5.95 Å². The van der Waals surface area contributed by atoms with Crippen molar-refractivity contribution in [1.29, 1.82) is 0 Å². The number of hydrogen-bond donors (Lipinski definition) is 1. The number of nitrogens with zero attached hydrogens (tertiary/aromatic N) is 4. The molecule has 0 aliphatic carbocycles. The minimum atomic E-state index is -0.311. The van der Waals surface area contributed by atoms with E-state index in [1.54, 1.807) is 4.90 Å². The smallest absolute Gasteiger partial charge is 0.241 e. The highest BCUT2D eigenvalue weighted by molar-refractivity contribution is 5.84. The first kappa shape index (κ1) is 19.1. The van der Waals surface area contributed by atoms with E-state index in [9.17, 15) is 9.59 Å². The number of aryl methyl sites for hydroxylation is 1. The van der Waals surface area contributed by atoms with Crippen molar-refractivity contribution >= 4 is 17.8 Å². The molecular weight excluding hydrogens is 362 g/mol. The molecule has 9 heteroatoms. The number of nitrogens with one attached hydrogen (secondary N) is 1. The summed E-state index contributed by atoms with van der Waals surface area (Å²) in [6.45, 7) is 8.60. The lowest BCUT2D eigenvalue weighted by Gasteiger charge is -2.36. The molecule has 2 fully saturated rings. The Bertz CT molecular complexity index is 780. The van der Waals surface area contributed by atoms with Crippen molar-refractivity contribution < 1.29 is 19.1 Å². The average molecular weight is 389 g/mol. The summed E-state index contributed by atoms with van der Waals surface area (Å²) in [5, 5.41) is 2.59. The number of aromatic nitrogens is 2. The number of fused-ring (bicyclic) bond motifs is 2. The number of likely N-dealkylation sites (tertiary alicyclic amines) is 1. The molecule has 2 amide bonds. The van der Waals surface area contributed by atoms with Gasteiger partial charge in [-0.3, -0.25) is 9.59 Å². The number of rotatable bonds is 3. The SMILES string of the molecule is CC(=O)NCC(=O)N1CCC2(COCc3c(C)nc(N4CCOCC4)nc32)C1. The molecule has 0 aromatic carbocycles. The fraction of sp³-hybridized carbons (Fsp3) is 0.684. The van der Waals surface area contributed by atoms with Gasteiger partial charge in [0.2, 0.25) is 17.8 Å². The molecule has 1 atom stereocenters. The lowest BCUT2D eigenvalue weighted by molar-refractivity contribution is -0.131. The Kier molecular flexibility index (Phi) is 5.20. The maximum absolute atomic E-state index is 12.5. The molecule has 4 rings (SSSR count). The number of amides is 2. The van der Waals surface area contributed by atoms with E-state index in [0.717, 1.165) is 42.4 Å². The minimum absolute atomic E-state index is 0.0287. The van der Waals surface area contributed by atoms with Gasteiger partial charge in [-0.2, -0.15) is 0 Å². The van der Waals surface area contributed by atoms with Crippen LogP contribution in [0.1, 0.15) is 30.3 Å². The second kappa shape index (κ2) is 7.63. The van der Waals surface area contributed by atoms with Gasteiger partial charge in [-0.15, -0.1) is 0 Å². The summed E-state index contributed by atoms with van der Waals surface area (Å²) in [7, 11) is 0. The van der Waals surface area contributed by atoms with Crippen LogP contribution in [0.2, 0.25) is 0 Å². The highest BCUT2D eigenvalue weighted by Gasteiger charge is 2.46. The molecule has 0 bridgehead atoms. The molecule has 9 nitrogen and oxygen atoms in total. The van der Waals surface area contributed by atoms with Crippen LogP contribution in [0.3, 0.4) is 0 Å². The predicted octanol–water partition coefficient (Wildman–Crippen LogP) is -0.242. The van der Waals surface area contributed by atoms with Crippen molar-refractivity contribution in [2.45, 2.75) is 32.3 Å². The van der Waals surface area contributed by atoms with Crippen molar-refractivity contribution in [2.75, 3.05) is 57.4 Å². The maximum atomic E-state index is 12.5. The van der Waals surface area contributed by atoms with Gasteiger partial charge in [-0.25, -0.2) is 9.97 Å². The molecule has 28 heavy (non-hydrogen) atoms. The third-order valence-electron chi connectivity index (χ3n) is 5.82. The van der Waals surface area contributed by atoms with Crippen molar-refractivity contribution in [3.05, 3.63) is 17.0 Å². The third-order valence-corrected chi connectivity index (χ3v) is 5.82. The maximum Gasteiger partial charge on any atom is 0.241 e. The minimum Gasteiger partial charge on any atom is -0.378 e. The van der Waals surface area contributed by atoms with Gasteiger partial charge in [0.15, 0.2) is 0 Å². The van der Waals surface area contributed by atoms with E-state index in [2.05, 4.69) is 10.2 Å².